The van der Waals surface area contributed by atoms with E-state index in [4.69, 9.17) is 0 Å². The number of carbonyl (C=O) groups excluding carboxylic acids is 2. The van der Waals surface area contributed by atoms with Crippen molar-refractivity contribution >= 4 is 27.7 Å². The van der Waals surface area contributed by atoms with Crippen LogP contribution in [0.3, 0.4) is 0 Å². The summed E-state index contributed by atoms with van der Waals surface area (Å²) in [6.07, 6.45) is 0.695. The Morgan fingerprint density at radius 3 is 1.96 bits per heavy atom. The van der Waals surface area contributed by atoms with Crippen LogP contribution >= 0.6 is 15.9 Å². The van der Waals surface area contributed by atoms with Crippen LogP contribution < -0.4 is 0 Å². The van der Waals surface area contributed by atoms with Crippen molar-refractivity contribution in [3.63, 3.8) is 0 Å². The van der Waals surface area contributed by atoms with Crippen molar-refractivity contribution in [1.29, 1.82) is 0 Å². The average Bonchev–Trinajstić information content (AvgIpc) is 2.86. The second-order valence-corrected chi connectivity index (χ2v) is 6.87. The molecule has 0 saturated carbocycles. The molecule has 0 aromatic heterocycles. The molecule has 1 saturated heterocycles. The topological polar surface area (TPSA) is 40.6 Å². The second kappa shape index (κ2) is 7.78. The van der Waals surface area contributed by atoms with Crippen molar-refractivity contribution in [3.8, 4) is 0 Å². The molecule has 0 N–H and O–H groups in total. The molecule has 0 atom stereocenters. The predicted molar refractivity (Wildman–Crippen MR) is 97.0 cm³/mol. The van der Waals surface area contributed by atoms with E-state index in [1.54, 1.807) is 28.0 Å². The first kappa shape index (κ1) is 17.6. The minimum absolute atomic E-state index is 0.0404. The molecule has 0 radical (unpaired) electrons. The summed E-state index contributed by atoms with van der Waals surface area (Å²) in [6.45, 7) is 2.05. The fraction of sp³-hybridized carbons (Fsp3) is 0.263. The predicted octanol–water partition coefficient (Wildman–Crippen LogP) is 3.58. The van der Waals surface area contributed by atoms with Gasteiger partial charge in [-0.3, -0.25) is 9.59 Å². The summed E-state index contributed by atoms with van der Waals surface area (Å²) < 4.78 is 14.2. The fourth-order valence-electron chi connectivity index (χ4n) is 2.93. The Morgan fingerprint density at radius 1 is 0.840 bits per heavy atom. The number of hydrogen-bond donors (Lipinski definition) is 0. The molecule has 130 valence electrons. The van der Waals surface area contributed by atoms with E-state index in [-0.39, 0.29) is 11.8 Å². The molecule has 0 aliphatic carbocycles. The molecule has 3 rings (SSSR count). The highest BCUT2D eigenvalue weighted by atomic mass is 79.9. The van der Waals surface area contributed by atoms with Gasteiger partial charge in [-0.1, -0.05) is 28.1 Å². The number of nitrogens with zero attached hydrogens (tertiary/aromatic N) is 2. The molecule has 2 aromatic carbocycles. The normalized spacial score (nSPS) is 15.0. The third kappa shape index (κ3) is 4.25. The van der Waals surface area contributed by atoms with E-state index in [1.165, 1.54) is 18.2 Å². The summed E-state index contributed by atoms with van der Waals surface area (Å²) in [6, 6.07) is 13.0. The maximum atomic E-state index is 13.3. The Balaban J connectivity index is 1.68. The maximum Gasteiger partial charge on any atom is 0.254 e. The van der Waals surface area contributed by atoms with Crippen molar-refractivity contribution in [2.24, 2.45) is 0 Å². The van der Waals surface area contributed by atoms with Crippen LogP contribution in [-0.4, -0.2) is 47.8 Å². The smallest absolute Gasteiger partial charge is 0.254 e. The molecule has 6 heteroatoms. The molecule has 2 amide bonds. The van der Waals surface area contributed by atoms with E-state index in [2.05, 4.69) is 15.9 Å². The minimum Gasteiger partial charge on any atom is -0.337 e. The van der Waals surface area contributed by atoms with Crippen LogP contribution in [0, 0.1) is 5.82 Å². The maximum absolute atomic E-state index is 13.3. The van der Waals surface area contributed by atoms with Crippen LogP contribution in [0.4, 0.5) is 4.39 Å². The molecule has 0 unspecified atom stereocenters. The third-order valence-electron chi connectivity index (χ3n) is 4.21. The van der Waals surface area contributed by atoms with E-state index in [1.807, 2.05) is 12.1 Å². The van der Waals surface area contributed by atoms with Gasteiger partial charge in [-0.15, -0.1) is 0 Å². The first-order chi connectivity index (χ1) is 12.0. The van der Waals surface area contributed by atoms with Crippen LogP contribution in [0.1, 0.15) is 27.1 Å². The zero-order valence-corrected chi connectivity index (χ0v) is 15.2. The first-order valence-corrected chi connectivity index (χ1v) is 8.93. The lowest BCUT2D eigenvalue weighted by molar-refractivity contribution is 0.0718. The molecule has 1 aliphatic rings. The summed E-state index contributed by atoms with van der Waals surface area (Å²) in [7, 11) is 0. The standard InChI is InChI=1S/C19H18BrFN2O2/c20-16-6-1-4-14(12-16)18(24)22-8-3-9-23(11-10-22)19(25)15-5-2-7-17(21)13-15/h1-2,4-7,12-13H,3,8-11H2. The van der Waals surface area contributed by atoms with Gasteiger partial charge in [-0.05, 0) is 42.8 Å². The first-order valence-electron chi connectivity index (χ1n) is 8.14. The zero-order valence-electron chi connectivity index (χ0n) is 13.6. The summed E-state index contributed by atoms with van der Waals surface area (Å²) >= 11 is 3.38. The van der Waals surface area contributed by atoms with E-state index in [0.717, 1.165) is 4.47 Å². The summed E-state index contributed by atoms with van der Waals surface area (Å²) in [4.78, 5) is 28.6. The highest BCUT2D eigenvalue weighted by Gasteiger charge is 2.23. The highest BCUT2D eigenvalue weighted by molar-refractivity contribution is 9.10. The highest BCUT2D eigenvalue weighted by Crippen LogP contribution is 2.16. The lowest BCUT2D eigenvalue weighted by Crippen LogP contribution is -2.37. The average molecular weight is 405 g/mol. The summed E-state index contributed by atoms with van der Waals surface area (Å²) in [5.41, 5.74) is 0.964. The Bertz CT molecular complexity index is 731. The Morgan fingerprint density at radius 2 is 1.40 bits per heavy atom. The minimum atomic E-state index is -0.424. The number of benzene rings is 2. The number of hydrogen-bond acceptors (Lipinski definition) is 2. The van der Waals surface area contributed by atoms with Gasteiger partial charge in [0.2, 0.25) is 0 Å². The molecular formula is C19H18BrFN2O2. The van der Waals surface area contributed by atoms with Gasteiger partial charge >= 0.3 is 0 Å². The number of carbonyl (C=O) groups is 2. The van der Waals surface area contributed by atoms with Crippen LogP contribution in [0.2, 0.25) is 0 Å². The molecule has 25 heavy (non-hydrogen) atoms. The zero-order chi connectivity index (χ0) is 17.8. The molecule has 4 nitrogen and oxygen atoms in total. The van der Waals surface area contributed by atoms with Crippen LogP contribution in [0.5, 0.6) is 0 Å². The van der Waals surface area contributed by atoms with Crippen LogP contribution in [0.15, 0.2) is 53.0 Å². The van der Waals surface area contributed by atoms with E-state index < -0.39 is 5.82 Å². The van der Waals surface area contributed by atoms with Crippen LogP contribution in [-0.2, 0) is 0 Å². The largest absolute Gasteiger partial charge is 0.337 e. The quantitative estimate of drug-likeness (QED) is 0.767. The number of rotatable bonds is 2. The van der Waals surface area contributed by atoms with Crippen LogP contribution in [0.25, 0.3) is 0 Å². The van der Waals surface area contributed by atoms with E-state index >= 15 is 0 Å². The lowest BCUT2D eigenvalue weighted by atomic mass is 10.2. The molecule has 2 aromatic rings. The Labute approximate surface area is 154 Å². The van der Waals surface area contributed by atoms with Gasteiger partial charge < -0.3 is 9.80 Å². The monoisotopic (exact) mass is 404 g/mol. The van der Waals surface area contributed by atoms with Crippen molar-refractivity contribution in [2.45, 2.75) is 6.42 Å². The SMILES string of the molecule is O=C(c1cccc(F)c1)N1CCCN(C(=O)c2cccc(Br)c2)CC1. The van der Waals surface area contributed by atoms with Gasteiger partial charge in [-0.2, -0.15) is 0 Å². The molecule has 1 heterocycles. The van der Waals surface area contributed by atoms with E-state index in [9.17, 15) is 14.0 Å². The molecule has 0 bridgehead atoms. The van der Waals surface area contributed by atoms with Crippen molar-refractivity contribution in [1.82, 2.24) is 9.80 Å². The van der Waals surface area contributed by atoms with Gasteiger partial charge in [0, 0.05) is 41.8 Å². The third-order valence-corrected chi connectivity index (χ3v) is 4.71. The van der Waals surface area contributed by atoms with Crippen molar-refractivity contribution in [3.05, 3.63) is 69.9 Å². The van der Waals surface area contributed by atoms with Gasteiger partial charge in [0.1, 0.15) is 5.82 Å². The summed E-state index contributed by atoms with van der Waals surface area (Å²) in [5.74, 6) is -0.662. The molecular weight excluding hydrogens is 387 g/mol. The second-order valence-electron chi connectivity index (χ2n) is 5.96. The Hall–Kier alpha value is -2.21. The summed E-state index contributed by atoms with van der Waals surface area (Å²) in [5, 5.41) is 0. The van der Waals surface area contributed by atoms with Crippen molar-refractivity contribution in [2.75, 3.05) is 26.2 Å². The molecule has 1 aliphatic heterocycles. The molecule has 0 spiro atoms. The van der Waals surface area contributed by atoms with Gasteiger partial charge in [-0.25, -0.2) is 4.39 Å². The van der Waals surface area contributed by atoms with E-state index in [0.29, 0.717) is 43.7 Å². The fourth-order valence-corrected chi connectivity index (χ4v) is 3.33. The number of amides is 2. The van der Waals surface area contributed by atoms with Gasteiger partial charge in [0.15, 0.2) is 0 Å². The number of halogens is 2. The lowest BCUT2D eigenvalue weighted by Gasteiger charge is -2.22. The Kier molecular flexibility index (Phi) is 5.48. The van der Waals surface area contributed by atoms with Crippen molar-refractivity contribution < 1.29 is 14.0 Å². The molecule has 1 fully saturated rings. The van der Waals surface area contributed by atoms with Gasteiger partial charge in [0.05, 0.1) is 0 Å². The van der Waals surface area contributed by atoms with Gasteiger partial charge in [0.25, 0.3) is 11.8 Å².